The van der Waals surface area contributed by atoms with Crippen LogP contribution in [0.15, 0.2) is 23.2 Å². The Morgan fingerprint density at radius 1 is 1.36 bits per heavy atom. The van der Waals surface area contributed by atoms with Gasteiger partial charge in [-0.2, -0.15) is 13.2 Å². The number of alkyl halides is 3. The molecular formula is C14H18F3N3O2. The van der Waals surface area contributed by atoms with Crippen LogP contribution in [0.4, 0.5) is 13.2 Å². The summed E-state index contributed by atoms with van der Waals surface area (Å²) in [6.45, 7) is 1.87. The molecule has 122 valence electrons. The maximum Gasteiger partial charge on any atom is 0.422 e. The minimum atomic E-state index is -4.38. The molecule has 0 amide bonds. The van der Waals surface area contributed by atoms with Gasteiger partial charge in [0.05, 0.1) is 13.7 Å². The largest absolute Gasteiger partial charge is 0.493 e. The number of hydrogen-bond acceptors (Lipinski definition) is 5. The van der Waals surface area contributed by atoms with Crippen molar-refractivity contribution in [2.24, 2.45) is 4.99 Å². The van der Waals surface area contributed by atoms with E-state index in [2.05, 4.69) is 15.6 Å². The van der Waals surface area contributed by atoms with Crippen LogP contribution in [0.2, 0.25) is 0 Å². The standard InChI is InChI=1S/C14H18F3N3O2/c1-9-6-18-13(20-9)19-7-10-3-4-11(12(5-10)21-2)22-8-14(15,16)17/h3-5,9H,6-8H2,1-2H3,(H2,18,19,20). The van der Waals surface area contributed by atoms with Gasteiger partial charge in [-0.05, 0) is 24.6 Å². The minimum absolute atomic E-state index is 0.0635. The Hall–Kier alpha value is -2.12. The van der Waals surface area contributed by atoms with Crippen molar-refractivity contribution in [1.82, 2.24) is 10.6 Å². The van der Waals surface area contributed by atoms with Gasteiger partial charge >= 0.3 is 6.18 Å². The van der Waals surface area contributed by atoms with E-state index in [-0.39, 0.29) is 11.5 Å². The molecule has 0 bridgehead atoms. The smallest absolute Gasteiger partial charge is 0.422 e. The average Bonchev–Trinajstić information content (AvgIpc) is 2.88. The van der Waals surface area contributed by atoms with Gasteiger partial charge in [-0.25, -0.2) is 0 Å². The van der Waals surface area contributed by atoms with E-state index in [1.807, 2.05) is 6.92 Å². The first-order chi connectivity index (χ1) is 10.4. The van der Waals surface area contributed by atoms with Crippen LogP contribution >= 0.6 is 0 Å². The quantitative estimate of drug-likeness (QED) is 0.873. The molecule has 1 atom stereocenters. The average molecular weight is 317 g/mol. The highest BCUT2D eigenvalue weighted by Gasteiger charge is 2.29. The molecule has 1 aromatic rings. The van der Waals surface area contributed by atoms with E-state index in [9.17, 15) is 13.2 Å². The van der Waals surface area contributed by atoms with E-state index in [4.69, 9.17) is 9.47 Å². The van der Waals surface area contributed by atoms with E-state index in [1.54, 1.807) is 12.1 Å². The third-order valence-electron chi connectivity index (χ3n) is 2.99. The number of aliphatic imine (C=N–C) groups is 1. The Bertz CT molecular complexity index is 547. The molecule has 8 heteroatoms. The maximum absolute atomic E-state index is 12.2. The number of nitrogens with zero attached hydrogens (tertiary/aromatic N) is 1. The highest BCUT2D eigenvalue weighted by molar-refractivity contribution is 5.81. The number of benzene rings is 1. The SMILES string of the molecule is COc1cc(CNC2=NCC(C)N2)ccc1OCC(F)(F)F. The predicted octanol–water partition coefficient (Wildman–Crippen LogP) is 2.07. The minimum Gasteiger partial charge on any atom is -0.493 e. The first-order valence-electron chi connectivity index (χ1n) is 6.78. The first kappa shape index (κ1) is 16.3. The number of hydrogen-bond donors (Lipinski definition) is 2. The summed E-state index contributed by atoms with van der Waals surface area (Å²) < 4.78 is 46.4. The number of ether oxygens (including phenoxy) is 2. The molecule has 1 aliphatic heterocycles. The molecule has 0 spiro atoms. The van der Waals surface area contributed by atoms with Gasteiger partial charge in [0.15, 0.2) is 24.1 Å². The van der Waals surface area contributed by atoms with Crippen LogP contribution in [-0.2, 0) is 6.54 Å². The van der Waals surface area contributed by atoms with Crippen molar-refractivity contribution in [3.05, 3.63) is 23.8 Å². The molecule has 5 nitrogen and oxygen atoms in total. The Kier molecular flexibility index (Phi) is 4.99. The van der Waals surface area contributed by atoms with Crippen molar-refractivity contribution in [3.63, 3.8) is 0 Å². The lowest BCUT2D eigenvalue weighted by atomic mass is 10.2. The normalized spacial score (nSPS) is 17.7. The summed E-state index contributed by atoms with van der Waals surface area (Å²) in [5, 5.41) is 6.28. The van der Waals surface area contributed by atoms with Gasteiger partial charge in [0.25, 0.3) is 0 Å². The van der Waals surface area contributed by atoms with Crippen LogP contribution in [0.5, 0.6) is 11.5 Å². The number of nitrogens with one attached hydrogen (secondary N) is 2. The molecule has 1 aliphatic rings. The Labute approximate surface area is 126 Å². The Morgan fingerprint density at radius 2 is 2.14 bits per heavy atom. The van der Waals surface area contributed by atoms with Crippen molar-refractivity contribution in [2.45, 2.75) is 25.7 Å². The molecule has 1 heterocycles. The van der Waals surface area contributed by atoms with Crippen LogP contribution in [0, 0.1) is 0 Å². The summed E-state index contributed by atoms with van der Waals surface area (Å²) >= 11 is 0. The van der Waals surface area contributed by atoms with E-state index in [0.29, 0.717) is 18.5 Å². The second-order valence-electron chi connectivity index (χ2n) is 4.98. The molecule has 2 rings (SSSR count). The van der Waals surface area contributed by atoms with Crippen LogP contribution in [0.25, 0.3) is 0 Å². The van der Waals surface area contributed by atoms with Gasteiger partial charge in [0.1, 0.15) is 0 Å². The molecule has 2 N–H and O–H groups in total. The molecule has 0 fully saturated rings. The fourth-order valence-corrected chi connectivity index (χ4v) is 1.95. The molecule has 0 aromatic heterocycles. The molecule has 1 aromatic carbocycles. The zero-order valence-corrected chi connectivity index (χ0v) is 12.3. The summed E-state index contributed by atoms with van der Waals surface area (Å²) in [7, 11) is 1.39. The van der Waals surface area contributed by atoms with Crippen LogP contribution < -0.4 is 20.1 Å². The second-order valence-corrected chi connectivity index (χ2v) is 4.98. The fourth-order valence-electron chi connectivity index (χ4n) is 1.95. The van der Waals surface area contributed by atoms with Crippen molar-refractivity contribution < 1.29 is 22.6 Å². The first-order valence-corrected chi connectivity index (χ1v) is 6.78. The molecule has 22 heavy (non-hydrogen) atoms. The molecule has 1 unspecified atom stereocenters. The number of guanidine groups is 1. The maximum atomic E-state index is 12.2. The van der Waals surface area contributed by atoms with E-state index < -0.39 is 12.8 Å². The second kappa shape index (κ2) is 6.76. The van der Waals surface area contributed by atoms with Crippen molar-refractivity contribution >= 4 is 5.96 Å². The zero-order valence-electron chi connectivity index (χ0n) is 12.3. The lowest BCUT2D eigenvalue weighted by Crippen LogP contribution is -2.37. The number of rotatable bonds is 5. The van der Waals surface area contributed by atoms with Crippen LogP contribution in [0.3, 0.4) is 0 Å². The topological polar surface area (TPSA) is 54.9 Å². The number of methoxy groups -OCH3 is 1. The predicted molar refractivity (Wildman–Crippen MR) is 76.3 cm³/mol. The molecule has 0 radical (unpaired) electrons. The van der Waals surface area contributed by atoms with Gasteiger partial charge in [0, 0.05) is 12.6 Å². The highest BCUT2D eigenvalue weighted by atomic mass is 19.4. The molecular weight excluding hydrogens is 299 g/mol. The molecule has 0 aliphatic carbocycles. The third-order valence-corrected chi connectivity index (χ3v) is 2.99. The van der Waals surface area contributed by atoms with Crippen LogP contribution in [-0.4, -0.2) is 38.4 Å². The lowest BCUT2D eigenvalue weighted by Gasteiger charge is -2.14. The van der Waals surface area contributed by atoms with Crippen LogP contribution in [0.1, 0.15) is 12.5 Å². The summed E-state index contributed by atoms with van der Waals surface area (Å²) in [4.78, 5) is 4.26. The third kappa shape index (κ3) is 4.71. The number of halogens is 3. The lowest BCUT2D eigenvalue weighted by molar-refractivity contribution is -0.153. The summed E-state index contributed by atoms with van der Waals surface area (Å²) in [6.07, 6.45) is -4.38. The summed E-state index contributed by atoms with van der Waals surface area (Å²) in [5.74, 6) is 1.04. The fraction of sp³-hybridized carbons (Fsp3) is 0.500. The van der Waals surface area contributed by atoms with Gasteiger partial charge in [-0.3, -0.25) is 4.99 Å². The monoisotopic (exact) mass is 317 g/mol. The van der Waals surface area contributed by atoms with Crippen molar-refractivity contribution in [1.29, 1.82) is 0 Å². The highest BCUT2D eigenvalue weighted by Crippen LogP contribution is 2.29. The van der Waals surface area contributed by atoms with E-state index >= 15 is 0 Å². The van der Waals surface area contributed by atoms with Gasteiger partial charge in [0.2, 0.25) is 0 Å². The molecule has 0 saturated carbocycles. The molecule has 0 saturated heterocycles. The Morgan fingerprint density at radius 3 is 2.73 bits per heavy atom. The Balaban J connectivity index is 1.96. The van der Waals surface area contributed by atoms with Crippen molar-refractivity contribution in [3.8, 4) is 11.5 Å². The van der Waals surface area contributed by atoms with Gasteiger partial charge in [-0.1, -0.05) is 6.07 Å². The van der Waals surface area contributed by atoms with Crippen molar-refractivity contribution in [2.75, 3.05) is 20.3 Å². The van der Waals surface area contributed by atoms with Gasteiger partial charge in [-0.15, -0.1) is 0 Å². The summed E-state index contributed by atoms with van der Waals surface area (Å²) in [5.41, 5.74) is 0.847. The summed E-state index contributed by atoms with van der Waals surface area (Å²) in [6, 6.07) is 5.08. The van der Waals surface area contributed by atoms with E-state index in [1.165, 1.54) is 13.2 Å². The van der Waals surface area contributed by atoms with Gasteiger partial charge < -0.3 is 20.1 Å². The van der Waals surface area contributed by atoms with E-state index in [0.717, 1.165) is 12.1 Å². The zero-order chi connectivity index (χ0) is 16.2.